The highest BCUT2D eigenvalue weighted by molar-refractivity contribution is 7.99. The molecule has 8 heteroatoms. The molecule has 0 aromatic carbocycles. The van der Waals surface area contributed by atoms with Crippen molar-refractivity contribution in [1.82, 2.24) is 19.4 Å². The number of amides is 1. The van der Waals surface area contributed by atoms with E-state index in [9.17, 15) is 9.59 Å². The zero-order valence-electron chi connectivity index (χ0n) is 13.2. The molecule has 2 aromatic heterocycles. The molecular formula is C16H18N4O3S. The highest BCUT2D eigenvalue weighted by Gasteiger charge is 2.26. The predicted molar refractivity (Wildman–Crippen MR) is 89.1 cm³/mol. The lowest BCUT2D eigenvalue weighted by Crippen LogP contribution is -2.49. The van der Waals surface area contributed by atoms with Crippen molar-refractivity contribution in [2.75, 3.05) is 31.9 Å². The van der Waals surface area contributed by atoms with Crippen molar-refractivity contribution in [3.05, 3.63) is 46.3 Å². The van der Waals surface area contributed by atoms with Crippen LogP contribution in [0.3, 0.4) is 0 Å². The summed E-state index contributed by atoms with van der Waals surface area (Å²) in [5.74, 6) is 1.55. The molecular weight excluding hydrogens is 328 g/mol. The second-order valence-corrected chi connectivity index (χ2v) is 6.97. The smallest absolute Gasteiger partial charge is 0.267 e. The Hall–Kier alpha value is -2.06. The number of rotatable bonds is 3. The summed E-state index contributed by atoms with van der Waals surface area (Å²) in [5, 5.41) is 0.708. The standard InChI is InChI=1S/C16H18N4O3S/c21-14(13-10-17-16-20(15(13)22)7-9-24-16)19-5-3-18(4-6-19)11-12-2-1-8-23-12/h1-2,8,10H,3-7,9,11H2. The molecule has 0 bridgehead atoms. The molecule has 1 amide bonds. The zero-order valence-corrected chi connectivity index (χ0v) is 14.0. The van der Waals surface area contributed by atoms with Gasteiger partial charge in [-0.2, -0.15) is 0 Å². The van der Waals surface area contributed by atoms with Gasteiger partial charge in [-0.25, -0.2) is 4.98 Å². The van der Waals surface area contributed by atoms with Crippen LogP contribution in [0.5, 0.6) is 0 Å². The van der Waals surface area contributed by atoms with E-state index in [2.05, 4.69) is 9.88 Å². The first-order valence-electron chi connectivity index (χ1n) is 7.99. The van der Waals surface area contributed by atoms with E-state index in [0.29, 0.717) is 24.8 Å². The molecule has 0 unspecified atom stereocenters. The van der Waals surface area contributed by atoms with Crippen LogP contribution in [0.15, 0.2) is 39.0 Å². The second kappa shape index (κ2) is 6.45. The van der Waals surface area contributed by atoms with E-state index in [1.54, 1.807) is 27.5 Å². The van der Waals surface area contributed by atoms with E-state index in [0.717, 1.165) is 31.1 Å². The van der Waals surface area contributed by atoms with Crippen LogP contribution in [0.4, 0.5) is 0 Å². The maximum absolute atomic E-state index is 12.7. The Morgan fingerprint density at radius 1 is 1.25 bits per heavy atom. The molecule has 4 rings (SSSR count). The van der Waals surface area contributed by atoms with Gasteiger partial charge in [0, 0.05) is 44.7 Å². The van der Waals surface area contributed by atoms with Crippen molar-refractivity contribution in [1.29, 1.82) is 0 Å². The van der Waals surface area contributed by atoms with Crippen LogP contribution in [-0.2, 0) is 13.1 Å². The predicted octanol–water partition coefficient (Wildman–Crippen LogP) is 0.900. The topological polar surface area (TPSA) is 71.6 Å². The summed E-state index contributed by atoms with van der Waals surface area (Å²) in [6.45, 7) is 4.12. The summed E-state index contributed by atoms with van der Waals surface area (Å²) in [4.78, 5) is 33.4. The van der Waals surface area contributed by atoms with Gasteiger partial charge in [-0.05, 0) is 12.1 Å². The molecule has 0 spiro atoms. The van der Waals surface area contributed by atoms with Crippen molar-refractivity contribution in [3.8, 4) is 0 Å². The van der Waals surface area contributed by atoms with Crippen LogP contribution in [0, 0.1) is 0 Å². The van der Waals surface area contributed by atoms with Gasteiger partial charge in [0.2, 0.25) is 0 Å². The Morgan fingerprint density at radius 2 is 2.08 bits per heavy atom. The molecule has 2 aliphatic heterocycles. The number of furan rings is 1. The van der Waals surface area contributed by atoms with E-state index in [1.807, 2.05) is 12.1 Å². The number of carbonyl (C=O) groups excluding carboxylic acids is 1. The van der Waals surface area contributed by atoms with Gasteiger partial charge in [0.1, 0.15) is 11.3 Å². The number of hydrogen-bond donors (Lipinski definition) is 0. The number of aromatic nitrogens is 2. The summed E-state index contributed by atoms with van der Waals surface area (Å²) >= 11 is 1.55. The Kier molecular flexibility index (Phi) is 4.15. The lowest BCUT2D eigenvalue weighted by Gasteiger charge is -2.34. The van der Waals surface area contributed by atoms with Crippen molar-refractivity contribution in [2.45, 2.75) is 18.2 Å². The van der Waals surface area contributed by atoms with Gasteiger partial charge in [-0.1, -0.05) is 11.8 Å². The molecule has 126 valence electrons. The molecule has 0 N–H and O–H groups in total. The van der Waals surface area contributed by atoms with Crippen LogP contribution in [0.1, 0.15) is 16.1 Å². The molecule has 7 nitrogen and oxygen atoms in total. The summed E-state index contributed by atoms with van der Waals surface area (Å²) in [7, 11) is 0. The van der Waals surface area contributed by atoms with E-state index in [1.165, 1.54) is 6.20 Å². The molecule has 0 saturated carbocycles. The molecule has 1 saturated heterocycles. The molecule has 2 aliphatic rings. The molecule has 0 aliphatic carbocycles. The molecule has 0 radical (unpaired) electrons. The monoisotopic (exact) mass is 346 g/mol. The summed E-state index contributed by atoms with van der Waals surface area (Å²) in [6.07, 6.45) is 3.10. The van der Waals surface area contributed by atoms with Crippen LogP contribution in [0.25, 0.3) is 0 Å². The molecule has 4 heterocycles. The van der Waals surface area contributed by atoms with Gasteiger partial charge in [0.25, 0.3) is 11.5 Å². The molecule has 0 atom stereocenters. The van der Waals surface area contributed by atoms with Crippen molar-refractivity contribution in [2.24, 2.45) is 0 Å². The Labute approximate surface area is 143 Å². The third kappa shape index (κ3) is 2.87. The number of thioether (sulfide) groups is 1. The summed E-state index contributed by atoms with van der Waals surface area (Å²) in [5.41, 5.74) is -0.0336. The number of hydrogen-bond acceptors (Lipinski definition) is 6. The largest absolute Gasteiger partial charge is 0.468 e. The van der Waals surface area contributed by atoms with Crippen LogP contribution < -0.4 is 5.56 Å². The average Bonchev–Trinajstić information content (AvgIpc) is 3.27. The fourth-order valence-corrected chi connectivity index (χ4v) is 3.98. The number of fused-ring (bicyclic) bond motifs is 1. The minimum Gasteiger partial charge on any atom is -0.468 e. The van der Waals surface area contributed by atoms with Crippen molar-refractivity contribution in [3.63, 3.8) is 0 Å². The number of nitrogens with zero attached hydrogens (tertiary/aromatic N) is 4. The van der Waals surface area contributed by atoms with Gasteiger partial charge < -0.3 is 9.32 Å². The van der Waals surface area contributed by atoms with Gasteiger partial charge in [0.05, 0.1) is 12.8 Å². The third-order valence-corrected chi connectivity index (χ3v) is 5.38. The highest BCUT2D eigenvalue weighted by atomic mass is 32.2. The maximum Gasteiger partial charge on any atom is 0.267 e. The quantitative estimate of drug-likeness (QED) is 0.769. The van der Waals surface area contributed by atoms with Gasteiger partial charge in [-0.15, -0.1) is 0 Å². The zero-order chi connectivity index (χ0) is 16.5. The van der Waals surface area contributed by atoms with Crippen LogP contribution >= 0.6 is 11.8 Å². The Morgan fingerprint density at radius 3 is 2.83 bits per heavy atom. The number of piperazine rings is 1. The highest BCUT2D eigenvalue weighted by Crippen LogP contribution is 2.21. The van der Waals surface area contributed by atoms with Crippen LogP contribution in [0.2, 0.25) is 0 Å². The van der Waals surface area contributed by atoms with E-state index in [4.69, 9.17) is 4.42 Å². The molecule has 2 aromatic rings. The molecule has 24 heavy (non-hydrogen) atoms. The van der Waals surface area contributed by atoms with Crippen molar-refractivity contribution < 1.29 is 9.21 Å². The van der Waals surface area contributed by atoms with E-state index < -0.39 is 0 Å². The Bertz CT molecular complexity index is 794. The first-order valence-corrected chi connectivity index (χ1v) is 8.97. The minimum absolute atomic E-state index is 0.181. The third-order valence-electron chi connectivity index (χ3n) is 4.41. The first kappa shape index (κ1) is 15.5. The first-order chi connectivity index (χ1) is 11.7. The van der Waals surface area contributed by atoms with E-state index >= 15 is 0 Å². The molecule has 1 fully saturated rings. The lowest BCUT2D eigenvalue weighted by molar-refractivity contribution is 0.0617. The number of carbonyl (C=O) groups is 1. The van der Waals surface area contributed by atoms with E-state index in [-0.39, 0.29) is 17.0 Å². The van der Waals surface area contributed by atoms with Gasteiger partial charge in [0.15, 0.2) is 5.16 Å². The normalized spacial score (nSPS) is 17.9. The SMILES string of the molecule is O=C(c1cnc2n(c1=O)CCS2)N1CCN(Cc2ccco2)CC1. The van der Waals surface area contributed by atoms with Gasteiger partial charge >= 0.3 is 0 Å². The minimum atomic E-state index is -0.215. The fraction of sp³-hybridized carbons (Fsp3) is 0.438. The lowest BCUT2D eigenvalue weighted by atomic mass is 10.2. The Balaban J connectivity index is 1.42. The van der Waals surface area contributed by atoms with Crippen LogP contribution in [-0.4, -0.2) is 57.2 Å². The van der Waals surface area contributed by atoms with Crippen molar-refractivity contribution >= 4 is 17.7 Å². The summed E-state index contributed by atoms with van der Waals surface area (Å²) < 4.78 is 6.96. The average molecular weight is 346 g/mol. The fourth-order valence-electron chi connectivity index (χ4n) is 3.07. The summed E-state index contributed by atoms with van der Waals surface area (Å²) in [6, 6.07) is 3.83. The van der Waals surface area contributed by atoms with Gasteiger partial charge in [-0.3, -0.25) is 19.1 Å². The second-order valence-electron chi connectivity index (χ2n) is 5.91. The maximum atomic E-state index is 12.7.